The maximum absolute atomic E-state index is 14.3. The number of aryl methyl sites for hydroxylation is 1. The zero-order valence-corrected chi connectivity index (χ0v) is 22.2. The van der Waals surface area contributed by atoms with Crippen molar-refractivity contribution in [2.24, 2.45) is 0 Å². The first-order chi connectivity index (χ1) is 19.5. The van der Waals surface area contributed by atoms with Gasteiger partial charge in [-0.05, 0) is 54.8 Å². The second kappa shape index (κ2) is 11.8. The van der Waals surface area contributed by atoms with E-state index in [1.807, 2.05) is 96.8 Å². The van der Waals surface area contributed by atoms with Crippen molar-refractivity contribution >= 4 is 12.0 Å². The second-order valence-corrected chi connectivity index (χ2v) is 9.76. The summed E-state index contributed by atoms with van der Waals surface area (Å²) in [4.78, 5) is 29.4. The minimum atomic E-state index is -0.992. The lowest BCUT2D eigenvalue weighted by atomic mass is 10.00. The van der Waals surface area contributed by atoms with Gasteiger partial charge in [0, 0.05) is 31.0 Å². The van der Waals surface area contributed by atoms with Gasteiger partial charge in [-0.25, -0.2) is 4.79 Å². The van der Waals surface area contributed by atoms with Crippen molar-refractivity contribution in [3.8, 4) is 28.8 Å². The van der Waals surface area contributed by atoms with Crippen molar-refractivity contribution in [3.63, 3.8) is 0 Å². The zero-order chi connectivity index (χ0) is 28.1. The van der Waals surface area contributed by atoms with Gasteiger partial charge >= 0.3 is 6.09 Å². The van der Waals surface area contributed by atoms with E-state index in [2.05, 4.69) is 4.57 Å². The van der Waals surface area contributed by atoms with E-state index in [4.69, 9.17) is 10.00 Å². The number of carboxylic acid groups (broad SMARTS) is 1. The molecule has 8 nitrogen and oxygen atoms in total. The number of nitrogens with zero attached hydrogens (tertiary/aromatic N) is 4. The number of carbonyl (C=O) groups excluding carboxylic acids is 1. The minimum absolute atomic E-state index is 0.0381. The van der Waals surface area contributed by atoms with E-state index in [1.54, 1.807) is 12.1 Å². The molecule has 202 valence electrons. The molecule has 1 aromatic heterocycles. The third-order valence-corrected chi connectivity index (χ3v) is 7.19. The molecule has 0 bridgehead atoms. The van der Waals surface area contributed by atoms with Crippen LogP contribution in [0.5, 0.6) is 5.75 Å². The minimum Gasteiger partial charge on any atom is -0.479 e. The number of rotatable bonds is 7. The molecule has 0 spiro atoms. The van der Waals surface area contributed by atoms with Crippen LogP contribution >= 0.6 is 0 Å². The van der Waals surface area contributed by atoms with Crippen molar-refractivity contribution in [2.45, 2.75) is 19.4 Å². The van der Waals surface area contributed by atoms with Crippen molar-refractivity contribution in [2.75, 3.05) is 26.2 Å². The number of para-hydroxylation sites is 1. The van der Waals surface area contributed by atoms with Gasteiger partial charge in [-0.2, -0.15) is 5.26 Å². The number of carbonyl (C=O) groups is 2. The molecule has 8 heteroatoms. The summed E-state index contributed by atoms with van der Waals surface area (Å²) in [6, 6.07) is 30.7. The van der Waals surface area contributed by atoms with Gasteiger partial charge in [-0.15, -0.1) is 0 Å². The first-order valence-electron chi connectivity index (χ1n) is 13.2. The van der Waals surface area contributed by atoms with Gasteiger partial charge in [-0.1, -0.05) is 60.7 Å². The van der Waals surface area contributed by atoms with Crippen LogP contribution in [0.4, 0.5) is 4.79 Å². The van der Waals surface area contributed by atoms with E-state index in [0.29, 0.717) is 24.3 Å². The van der Waals surface area contributed by atoms with Crippen LogP contribution in [0.25, 0.3) is 16.9 Å². The summed E-state index contributed by atoms with van der Waals surface area (Å²) in [5.41, 5.74) is 5.16. The molecule has 1 N–H and O–H groups in total. The number of aromatic nitrogens is 1. The number of ether oxygens (including phenoxy) is 1. The van der Waals surface area contributed by atoms with Crippen molar-refractivity contribution in [1.82, 2.24) is 14.4 Å². The van der Waals surface area contributed by atoms with Crippen LogP contribution in [0.3, 0.4) is 0 Å². The first-order valence-corrected chi connectivity index (χ1v) is 13.2. The van der Waals surface area contributed by atoms with E-state index in [9.17, 15) is 14.7 Å². The van der Waals surface area contributed by atoms with Gasteiger partial charge in [0.05, 0.1) is 17.3 Å². The molecule has 0 unspecified atom stereocenters. The lowest BCUT2D eigenvalue weighted by Gasteiger charge is -2.40. The molecule has 1 atom stereocenters. The average molecular weight is 535 g/mol. The Morgan fingerprint density at radius 2 is 1.65 bits per heavy atom. The van der Waals surface area contributed by atoms with Gasteiger partial charge in [0.15, 0.2) is 6.61 Å². The van der Waals surface area contributed by atoms with Gasteiger partial charge in [0.1, 0.15) is 11.8 Å². The lowest BCUT2D eigenvalue weighted by Crippen LogP contribution is -2.57. The van der Waals surface area contributed by atoms with Gasteiger partial charge < -0.3 is 24.2 Å². The number of piperazine rings is 1. The fraction of sp³-hybridized carbons (Fsp3) is 0.219. The van der Waals surface area contributed by atoms with Crippen LogP contribution in [0.2, 0.25) is 0 Å². The fourth-order valence-electron chi connectivity index (χ4n) is 5.33. The van der Waals surface area contributed by atoms with Gasteiger partial charge in [-0.3, -0.25) is 4.79 Å². The third-order valence-electron chi connectivity index (χ3n) is 7.19. The first kappa shape index (κ1) is 26.6. The summed E-state index contributed by atoms with van der Waals surface area (Å²) < 4.78 is 7.46. The Hall–Kier alpha value is -5.03. The number of nitriles is 1. The number of amides is 2. The highest BCUT2D eigenvalue weighted by atomic mass is 16.5. The summed E-state index contributed by atoms with van der Waals surface area (Å²) in [6.07, 6.45) is -0.513. The molecule has 5 rings (SSSR count). The van der Waals surface area contributed by atoms with Crippen LogP contribution < -0.4 is 4.74 Å². The van der Waals surface area contributed by atoms with Gasteiger partial charge in [0.2, 0.25) is 0 Å². The Bertz CT molecular complexity index is 1530. The largest absolute Gasteiger partial charge is 0.479 e. The smallest absolute Gasteiger partial charge is 0.407 e. The van der Waals surface area contributed by atoms with Crippen LogP contribution in [-0.4, -0.2) is 63.8 Å². The predicted octanol–water partition coefficient (Wildman–Crippen LogP) is 5.40. The highest BCUT2D eigenvalue weighted by Crippen LogP contribution is 2.33. The van der Waals surface area contributed by atoms with E-state index < -0.39 is 6.09 Å². The normalized spacial score (nSPS) is 14.9. The molecule has 0 saturated carbocycles. The molecule has 1 aliphatic heterocycles. The molecule has 0 aliphatic carbocycles. The van der Waals surface area contributed by atoms with Crippen molar-refractivity contribution in [1.29, 1.82) is 5.26 Å². The molecule has 3 aromatic carbocycles. The Morgan fingerprint density at radius 1 is 0.975 bits per heavy atom. The number of hydrogen-bond acceptors (Lipinski definition) is 4. The van der Waals surface area contributed by atoms with E-state index in [0.717, 1.165) is 28.2 Å². The summed E-state index contributed by atoms with van der Waals surface area (Å²) in [5.74, 6) is 0.458. The Balaban J connectivity index is 1.52. The fourth-order valence-corrected chi connectivity index (χ4v) is 5.33. The predicted molar refractivity (Wildman–Crippen MR) is 152 cm³/mol. The summed E-state index contributed by atoms with van der Waals surface area (Å²) in [6.45, 7) is 2.71. The average Bonchev–Trinajstić information content (AvgIpc) is 3.34. The maximum atomic E-state index is 14.3. The van der Waals surface area contributed by atoms with Crippen molar-refractivity contribution < 1.29 is 19.4 Å². The van der Waals surface area contributed by atoms with E-state index in [-0.39, 0.29) is 31.6 Å². The van der Waals surface area contributed by atoms with E-state index in [1.165, 1.54) is 4.90 Å². The van der Waals surface area contributed by atoms with Gasteiger partial charge in [0.25, 0.3) is 5.91 Å². The molecule has 0 radical (unpaired) electrons. The molecular formula is C32H30N4O4. The standard InChI is InChI=1S/C32H30N4O4/c1-23-20-29(30(25-8-4-2-5-9-25)36(23)26-10-6-3-7-11-26)31(37)35-18-17-34(32(38)39)22-27(35)21-24-12-14-28(15-13-24)40-19-16-33/h2-15,20,27H,17-19,21-22H2,1H3,(H,38,39)/t27-/m1/s1. The molecule has 2 heterocycles. The third kappa shape index (κ3) is 5.54. The highest BCUT2D eigenvalue weighted by molar-refractivity contribution is 6.01. The van der Waals surface area contributed by atoms with Crippen LogP contribution in [0, 0.1) is 18.3 Å². The highest BCUT2D eigenvalue weighted by Gasteiger charge is 2.35. The molecule has 4 aromatic rings. The summed E-state index contributed by atoms with van der Waals surface area (Å²) in [7, 11) is 0. The van der Waals surface area contributed by atoms with Crippen molar-refractivity contribution in [3.05, 3.63) is 108 Å². The van der Waals surface area contributed by atoms with E-state index >= 15 is 0 Å². The van der Waals surface area contributed by atoms with Crippen LogP contribution in [0.1, 0.15) is 21.6 Å². The molecule has 1 aliphatic rings. The molecule has 1 saturated heterocycles. The molecular weight excluding hydrogens is 504 g/mol. The topological polar surface area (TPSA) is 98.8 Å². The lowest BCUT2D eigenvalue weighted by molar-refractivity contribution is 0.0451. The molecule has 1 fully saturated rings. The number of benzene rings is 3. The maximum Gasteiger partial charge on any atom is 0.407 e. The molecule has 2 amide bonds. The summed E-state index contributed by atoms with van der Waals surface area (Å²) >= 11 is 0. The monoisotopic (exact) mass is 534 g/mol. The van der Waals surface area contributed by atoms with Crippen LogP contribution in [-0.2, 0) is 6.42 Å². The number of hydrogen-bond donors (Lipinski definition) is 1. The van der Waals surface area contributed by atoms with Crippen LogP contribution in [0.15, 0.2) is 91.0 Å². The second-order valence-electron chi connectivity index (χ2n) is 9.76. The zero-order valence-electron chi connectivity index (χ0n) is 22.2. The SMILES string of the molecule is Cc1cc(C(=O)N2CCN(C(=O)O)C[C@H]2Cc2ccc(OCC#N)cc2)c(-c2ccccc2)n1-c1ccccc1. The quantitative estimate of drug-likeness (QED) is 0.342. The summed E-state index contributed by atoms with van der Waals surface area (Å²) in [5, 5.41) is 18.5. The Morgan fingerprint density at radius 3 is 2.30 bits per heavy atom. The Labute approximate surface area is 233 Å². The Kier molecular flexibility index (Phi) is 7.83. The molecule has 40 heavy (non-hydrogen) atoms.